The van der Waals surface area contributed by atoms with Crippen molar-refractivity contribution in [3.63, 3.8) is 0 Å². The summed E-state index contributed by atoms with van der Waals surface area (Å²) in [4.78, 5) is 53.5. The van der Waals surface area contributed by atoms with Gasteiger partial charge in [-0.15, -0.1) is 0 Å². The normalized spacial score (nSPS) is 21.6. The van der Waals surface area contributed by atoms with Crippen LogP contribution in [0.3, 0.4) is 0 Å². The van der Waals surface area contributed by atoms with Crippen molar-refractivity contribution in [2.24, 2.45) is 5.92 Å². The highest BCUT2D eigenvalue weighted by molar-refractivity contribution is 6.19. The Kier molecular flexibility index (Phi) is 7.61. The van der Waals surface area contributed by atoms with Crippen molar-refractivity contribution in [2.75, 3.05) is 31.1 Å². The average Bonchev–Trinajstić information content (AvgIpc) is 2.87. The van der Waals surface area contributed by atoms with Gasteiger partial charge in [0.2, 0.25) is 5.91 Å². The molecule has 194 valence electrons. The van der Waals surface area contributed by atoms with Gasteiger partial charge in [0.15, 0.2) is 0 Å². The Balaban J connectivity index is 1.65. The van der Waals surface area contributed by atoms with Gasteiger partial charge in [-0.1, -0.05) is 6.42 Å². The van der Waals surface area contributed by atoms with Crippen LogP contribution in [0.15, 0.2) is 23.8 Å². The van der Waals surface area contributed by atoms with Gasteiger partial charge in [0, 0.05) is 62.4 Å². The first-order valence-electron chi connectivity index (χ1n) is 12.8. The zero-order valence-corrected chi connectivity index (χ0v) is 20.9. The van der Waals surface area contributed by atoms with Crippen molar-refractivity contribution in [2.45, 2.75) is 64.6 Å². The van der Waals surface area contributed by atoms with Gasteiger partial charge >= 0.3 is 11.9 Å². The molecule has 2 heterocycles. The molecule has 0 radical (unpaired) electrons. The number of rotatable bonds is 6. The zero-order valence-electron chi connectivity index (χ0n) is 20.9. The molecular weight excluding hydrogens is 466 g/mol. The predicted octanol–water partition coefficient (Wildman–Crippen LogP) is 3.82. The monoisotopic (exact) mass is 499 g/mol. The van der Waals surface area contributed by atoms with Gasteiger partial charge in [0.25, 0.3) is 11.5 Å². The molecule has 1 atom stereocenters. The van der Waals surface area contributed by atoms with E-state index in [2.05, 4.69) is 0 Å². The van der Waals surface area contributed by atoms with Crippen LogP contribution >= 0.6 is 0 Å². The van der Waals surface area contributed by atoms with E-state index in [0.717, 1.165) is 32.1 Å². The molecule has 2 saturated heterocycles. The highest BCUT2D eigenvalue weighted by atomic mass is 16.7. The second-order valence-corrected chi connectivity index (χ2v) is 9.60. The van der Waals surface area contributed by atoms with E-state index in [1.165, 1.54) is 18.2 Å². The van der Waals surface area contributed by atoms with Crippen molar-refractivity contribution >= 4 is 35.3 Å². The summed E-state index contributed by atoms with van der Waals surface area (Å²) in [6.45, 7) is 6.25. The van der Waals surface area contributed by atoms with Crippen molar-refractivity contribution in [3.8, 4) is 0 Å². The molecule has 10 heteroatoms. The fourth-order valence-electron chi connectivity index (χ4n) is 5.37. The summed E-state index contributed by atoms with van der Waals surface area (Å²) in [5, 5.41) is 11.5. The summed E-state index contributed by atoms with van der Waals surface area (Å²) in [6, 6.07) is 4.34. The summed E-state index contributed by atoms with van der Waals surface area (Å²) < 4.78 is 11.2. The third kappa shape index (κ3) is 5.22. The molecule has 36 heavy (non-hydrogen) atoms. The number of anilines is 1. The highest BCUT2D eigenvalue weighted by Crippen LogP contribution is 2.38. The van der Waals surface area contributed by atoms with Gasteiger partial charge in [-0.25, -0.2) is 9.59 Å². The summed E-state index contributed by atoms with van der Waals surface area (Å²) in [6.07, 6.45) is 6.38. The van der Waals surface area contributed by atoms with E-state index in [-0.39, 0.29) is 23.1 Å². The fourth-order valence-corrected chi connectivity index (χ4v) is 5.37. The third-order valence-electron chi connectivity index (χ3n) is 7.32. The number of piperidine rings is 1. The van der Waals surface area contributed by atoms with Crippen LogP contribution in [0.1, 0.15) is 64.4 Å². The first kappa shape index (κ1) is 25.7. The van der Waals surface area contributed by atoms with Gasteiger partial charge in [-0.05, 0) is 51.7 Å². The molecular formula is C26H33N3O7. The summed E-state index contributed by atoms with van der Waals surface area (Å²) in [7, 11) is 0. The first-order valence-corrected chi connectivity index (χ1v) is 12.8. The topological polar surface area (TPSA) is 119 Å². The Morgan fingerprint density at radius 3 is 2.42 bits per heavy atom. The molecule has 0 unspecified atom stereocenters. The predicted molar refractivity (Wildman–Crippen MR) is 132 cm³/mol. The van der Waals surface area contributed by atoms with Crippen molar-refractivity contribution in [1.29, 1.82) is 0 Å². The zero-order chi connectivity index (χ0) is 25.9. The second kappa shape index (κ2) is 10.7. The molecule has 1 aromatic carbocycles. The lowest BCUT2D eigenvalue weighted by molar-refractivity contribution is -0.384. The maximum Gasteiger partial charge on any atom is 0.348 e. The van der Waals surface area contributed by atoms with Crippen LogP contribution in [-0.4, -0.2) is 59.6 Å². The quantitative estimate of drug-likeness (QED) is 0.190. The van der Waals surface area contributed by atoms with Gasteiger partial charge in [-0.2, -0.15) is 0 Å². The van der Waals surface area contributed by atoms with Gasteiger partial charge in [-0.3, -0.25) is 14.9 Å². The lowest BCUT2D eigenvalue weighted by Gasteiger charge is -2.39. The standard InChI is InChI=1S/C26H33N3O7/c1-3-27(4-2)23(30)18-9-8-14-28(17-18)22-11-10-20(29(33)34)15-19(22)16-21-24(31)35-26(36-25(21)32)12-6-5-7-13-26/h10-11,15-16,18H,3-9,12-14,17H2,1-2H3/t18-/m1/s1. The van der Waals surface area contributed by atoms with Gasteiger partial charge < -0.3 is 19.3 Å². The van der Waals surface area contributed by atoms with E-state index in [0.29, 0.717) is 50.3 Å². The fraction of sp³-hybridized carbons (Fsp3) is 0.577. The van der Waals surface area contributed by atoms with E-state index in [1.807, 2.05) is 23.6 Å². The van der Waals surface area contributed by atoms with Crippen LogP contribution in [0, 0.1) is 16.0 Å². The molecule has 1 amide bonds. The Bertz CT molecular complexity index is 1050. The van der Waals surface area contributed by atoms with E-state index in [9.17, 15) is 24.5 Å². The van der Waals surface area contributed by atoms with Crippen molar-refractivity contribution < 1.29 is 28.8 Å². The van der Waals surface area contributed by atoms with Gasteiger partial charge in [0.05, 0.1) is 10.8 Å². The molecule has 1 aliphatic carbocycles. The summed E-state index contributed by atoms with van der Waals surface area (Å²) in [5.41, 5.74) is 0.493. The Morgan fingerprint density at radius 2 is 1.81 bits per heavy atom. The summed E-state index contributed by atoms with van der Waals surface area (Å²) >= 11 is 0. The Hall–Kier alpha value is -3.43. The number of nitro benzene ring substituents is 1. The molecule has 4 rings (SSSR count). The number of carbonyl (C=O) groups excluding carboxylic acids is 3. The number of non-ortho nitro benzene ring substituents is 1. The number of amides is 1. The molecule has 10 nitrogen and oxygen atoms in total. The number of ether oxygens (including phenoxy) is 2. The maximum absolute atomic E-state index is 13.0. The minimum Gasteiger partial charge on any atom is -0.419 e. The second-order valence-electron chi connectivity index (χ2n) is 9.60. The van der Waals surface area contributed by atoms with Crippen LogP contribution in [0.2, 0.25) is 0 Å². The van der Waals surface area contributed by atoms with E-state index in [4.69, 9.17) is 9.47 Å². The SMILES string of the molecule is CCN(CC)C(=O)[C@@H]1CCCN(c2ccc([N+](=O)[O-])cc2C=C2C(=O)OC3(CCCCC3)OC2=O)C1. The summed E-state index contributed by atoms with van der Waals surface area (Å²) in [5.74, 6) is -2.88. The number of nitro groups is 1. The minimum absolute atomic E-state index is 0.0868. The molecule has 3 fully saturated rings. The smallest absolute Gasteiger partial charge is 0.348 e. The van der Waals surface area contributed by atoms with E-state index < -0.39 is 22.6 Å². The molecule has 2 aliphatic heterocycles. The van der Waals surface area contributed by atoms with Crippen LogP contribution in [0.25, 0.3) is 6.08 Å². The lowest BCUT2D eigenvalue weighted by Crippen LogP contribution is -2.47. The first-order chi connectivity index (χ1) is 17.3. The Morgan fingerprint density at radius 1 is 1.14 bits per heavy atom. The Labute approximate surface area is 210 Å². The van der Waals surface area contributed by atoms with Crippen LogP contribution in [0.5, 0.6) is 0 Å². The van der Waals surface area contributed by atoms with Crippen LogP contribution in [0.4, 0.5) is 11.4 Å². The largest absolute Gasteiger partial charge is 0.419 e. The van der Waals surface area contributed by atoms with Crippen LogP contribution < -0.4 is 4.90 Å². The average molecular weight is 500 g/mol. The molecule has 1 saturated carbocycles. The third-order valence-corrected chi connectivity index (χ3v) is 7.32. The minimum atomic E-state index is -1.21. The number of hydrogen-bond acceptors (Lipinski definition) is 8. The van der Waals surface area contributed by atoms with E-state index in [1.54, 1.807) is 6.07 Å². The number of carbonyl (C=O) groups is 3. The molecule has 1 spiro atoms. The number of hydrogen-bond donors (Lipinski definition) is 0. The van der Waals surface area contributed by atoms with Gasteiger partial charge in [0.1, 0.15) is 5.57 Å². The van der Waals surface area contributed by atoms with E-state index >= 15 is 0 Å². The maximum atomic E-state index is 13.0. The van der Waals surface area contributed by atoms with Crippen LogP contribution in [-0.2, 0) is 23.9 Å². The number of nitrogens with zero attached hydrogens (tertiary/aromatic N) is 3. The molecule has 3 aliphatic rings. The lowest BCUT2D eigenvalue weighted by atomic mass is 9.93. The van der Waals surface area contributed by atoms with Crippen molar-refractivity contribution in [1.82, 2.24) is 4.90 Å². The number of esters is 2. The highest BCUT2D eigenvalue weighted by Gasteiger charge is 2.46. The molecule has 0 N–H and O–H groups in total. The molecule has 0 bridgehead atoms. The molecule has 1 aromatic rings. The molecule has 0 aromatic heterocycles. The van der Waals surface area contributed by atoms with Crippen molar-refractivity contribution in [3.05, 3.63) is 39.4 Å². The number of benzene rings is 1.